The molecule has 0 spiro atoms. The molecule has 0 N–H and O–H groups in total. The highest BCUT2D eigenvalue weighted by Crippen LogP contribution is 2.24. The van der Waals surface area contributed by atoms with Crippen LogP contribution in [0.2, 0.25) is 0 Å². The number of rotatable bonds is 3. The number of benzene rings is 2. The van der Waals surface area contributed by atoms with E-state index in [1.54, 1.807) is 0 Å². The van der Waals surface area contributed by atoms with Gasteiger partial charge in [0.1, 0.15) is 0 Å². The van der Waals surface area contributed by atoms with Crippen LogP contribution in [-0.4, -0.2) is 6.41 Å². The lowest BCUT2D eigenvalue weighted by molar-refractivity contribution is 0.556. The number of hydrogen-bond acceptors (Lipinski definition) is 1. The first-order valence-electron chi connectivity index (χ1n) is 5.52. The van der Waals surface area contributed by atoms with E-state index in [1.807, 2.05) is 68.8 Å². The third-order valence-corrected chi connectivity index (χ3v) is 2.61. The van der Waals surface area contributed by atoms with Gasteiger partial charge in [-0.1, -0.05) is 24.3 Å². The second-order valence-corrected chi connectivity index (χ2v) is 4.10. The van der Waals surface area contributed by atoms with Crippen LogP contribution in [0.25, 0.3) is 0 Å². The predicted octanol–water partition coefficient (Wildman–Crippen LogP) is 3.51. The van der Waals surface area contributed by atoms with Crippen LogP contribution in [0.3, 0.4) is 0 Å². The first-order valence-corrected chi connectivity index (χ1v) is 5.52. The molecule has 2 aromatic carbocycles. The van der Waals surface area contributed by atoms with Crippen LogP contribution in [0, 0.1) is 13.8 Å². The number of nitrogens with zero attached hydrogens (tertiary/aromatic N) is 1. The zero-order valence-corrected chi connectivity index (χ0v) is 9.97. The molecule has 0 saturated heterocycles. The average molecular weight is 224 g/mol. The lowest BCUT2D eigenvalue weighted by Gasteiger charge is -2.17. The summed E-state index contributed by atoms with van der Waals surface area (Å²) in [5, 5.41) is 0. The quantitative estimate of drug-likeness (QED) is 0.730. The van der Waals surface area contributed by atoms with Crippen molar-refractivity contribution in [2.24, 2.45) is 0 Å². The summed E-state index contributed by atoms with van der Waals surface area (Å²) in [5.41, 5.74) is 3.92. The SMILES string of the molecule is Cc1cccc(N([C]=O)c2cccc(C)c2)c1. The zero-order chi connectivity index (χ0) is 12.3. The molecule has 2 heteroatoms. The monoisotopic (exact) mass is 224 g/mol. The van der Waals surface area contributed by atoms with E-state index in [9.17, 15) is 4.79 Å². The molecule has 0 aliphatic carbocycles. The van der Waals surface area contributed by atoms with E-state index in [-0.39, 0.29) is 0 Å². The molecule has 0 aliphatic heterocycles. The molecule has 0 aliphatic rings. The predicted molar refractivity (Wildman–Crippen MR) is 70.2 cm³/mol. The molecule has 2 nitrogen and oxygen atoms in total. The van der Waals surface area contributed by atoms with Gasteiger partial charge in [-0.2, -0.15) is 0 Å². The van der Waals surface area contributed by atoms with Crippen molar-refractivity contribution in [3.63, 3.8) is 0 Å². The molecule has 0 aromatic heterocycles. The summed E-state index contributed by atoms with van der Waals surface area (Å²) in [6.45, 7) is 4.01. The molecule has 0 fully saturated rings. The van der Waals surface area contributed by atoms with Crippen molar-refractivity contribution in [2.75, 3.05) is 4.90 Å². The fourth-order valence-electron chi connectivity index (χ4n) is 1.79. The van der Waals surface area contributed by atoms with E-state index < -0.39 is 0 Å². The smallest absolute Gasteiger partial charge is 0.273 e. The number of aryl methyl sites for hydroxylation is 2. The minimum Gasteiger partial charge on any atom is -0.273 e. The van der Waals surface area contributed by atoms with Crippen molar-refractivity contribution in [1.82, 2.24) is 0 Å². The molecule has 0 atom stereocenters. The van der Waals surface area contributed by atoms with Crippen molar-refractivity contribution in [3.05, 3.63) is 59.7 Å². The van der Waals surface area contributed by atoms with E-state index in [0.29, 0.717) is 0 Å². The molecule has 2 rings (SSSR count). The van der Waals surface area contributed by atoms with E-state index in [0.717, 1.165) is 22.5 Å². The Morgan fingerprint density at radius 3 is 1.71 bits per heavy atom. The molecule has 2 aromatic rings. The molecule has 1 amide bonds. The van der Waals surface area contributed by atoms with Gasteiger partial charge in [0, 0.05) is 11.4 Å². The van der Waals surface area contributed by atoms with Crippen molar-refractivity contribution in [3.8, 4) is 0 Å². The van der Waals surface area contributed by atoms with Crippen molar-refractivity contribution < 1.29 is 4.79 Å². The Morgan fingerprint density at radius 2 is 1.35 bits per heavy atom. The van der Waals surface area contributed by atoms with Gasteiger partial charge >= 0.3 is 6.41 Å². The lowest BCUT2D eigenvalue weighted by Crippen LogP contribution is -2.13. The summed E-state index contributed by atoms with van der Waals surface area (Å²) in [5.74, 6) is 0. The average Bonchev–Trinajstić information content (AvgIpc) is 2.30. The Balaban J connectivity index is 2.43. The summed E-state index contributed by atoms with van der Waals surface area (Å²) in [6, 6.07) is 15.6. The van der Waals surface area contributed by atoms with Gasteiger partial charge in [0.2, 0.25) is 0 Å². The summed E-state index contributed by atoms with van der Waals surface area (Å²) < 4.78 is 0. The van der Waals surface area contributed by atoms with Crippen LogP contribution in [-0.2, 0) is 4.79 Å². The highest BCUT2D eigenvalue weighted by Gasteiger charge is 2.08. The molecular formula is C15H14NO. The molecule has 0 saturated carbocycles. The maximum Gasteiger partial charge on any atom is 0.321 e. The van der Waals surface area contributed by atoms with Gasteiger partial charge in [-0.25, -0.2) is 0 Å². The minimum atomic E-state index is 0.839. The fourth-order valence-corrected chi connectivity index (χ4v) is 1.79. The Morgan fingerprint density at radius 1 is 0.882 bits per heavy atom. The molecule has 1 radical (unpaired) electrons. The third-order valence-electron chi connectivity index (χ3n) is 2.61. The zero-order valence-electron chi connectivity index (χ0n) is 9.97. The van der Waals surface area contributed by atoms with Gasteiger partial charge in [0.25, 0.3) is 0 Å². The van der Waals surface area contributed by atoms with Gasteiger partial charge in [0.05, 0.1) is 0 Å². The summed E-state index contributed by atoms with van der Waals surface area (Å²) >= 11 is 0. The van der Waals surface area contributed by atoms with Crippen molar-refractivity contribution >= 4 is 17.8 Å². The van der Waals surface area contributed by atoms with Crippen molar-refractivity contribution in [1.29, 1.82) is 0 Å². The van der Waals surface area contributed by atoms with Crippen LogP contribution in [0.4, 0.5) is 11.4 Å². The maximum absolute atomic E-state index is 11.1. The molecule has 0 heterocycles. The fraction of sp³-hybridized carbons (Fsp3) is 0.133. The molecule has 0 bridgehead atoms. The standard InChI is InChI=1S/C15H14NO/c1-12-5-3-7-14(9-12)16(11-17)15-8-4-6-13(2)10-15/h3-10H,1-2H3. The number of carbonyl (C=O) groups excluding carboxylic acids is 1. The van der Waals surface area contributed by atoms with Crippen LogP contribution >= 0.6 is 0 Å². The normalized spacial score (nSPS) is 10.0. The minimum absolute atomic E-state index is 0.839. The van der Waals surface area contributed by atoms with Crippen LogP contribution in [0.15, 0.2) is 48.5 Å². The summed E-state index contributed by atoms with van der Waals surface area (Å²) in [7, 11) is 0. The lowest BCUT2D eigenvalue weighted by atomic mass is 10.1. The van der Waals surface area contributed by atoms with Crippen LogP contribution in [0.1, 0.15) is 11.1 Å². The Bertz CT molecular complexity index is 488. The van der Waals surface area contributed by atoms with E-state index in [2.05, 4.69) is 0 Å². The van der Waals surface area contributed by atoms with Gasteiger partial charge < -0.3 is 0 Å². The number of hydrogen-bond donors (Lipinski definition) is 0. The Hall–Kier alpha value is -2.09. The second-order valence-electron chi connectivity index (χ2n) is 4.10. The molecule has 17 heavy (non-hydrogen) atoms. The molecular weight excluding hydrogens is 210 g/mol. The Labute approximate surface area is 102 Å². The van der Waals surface area contributed by atoms with Gasteiger partial charge in [-0.15, -0.1) is 0 Å². The van der Waals surface area contributed by atoms with E-state index in [1.165, 1.54) is 4.90 Å². The van der Waals surface area contributed by atoms with E-state index in [4.69, 9.17) is 0 Å². The van der Waals surface area contributed by atoms with Crippen molar-refractivity contribution in [2.45, 2.75) is 13.8 Å². The number of amides is 1. The maximum atomic E-state index is 11.1. The largest absolute Gasteiger partial charge is 0.321 e. The highest BCUT2D eigenvalue weighted by molar-refractivity contribution is 5.87. The summed E-state index contributed by atoms with van der Waals surface area (Å²) in [4.78, 5) is 12.7. The van der Waals surface area contributed by atoms with E-state index >= 15 is 0 Å². The topological polar surface area (TPSA) is 20.3 Å². The second kappa shape index (κ2) is 4.83. The summed E-state index contributed by atoms with van der Waals surface area (Å²) in [6.07, 6.45) is 1.97. The van der Waals surface area contributed by atoms with Crippen LogP contribution < -0.4 is 4.90 Å². The molecule has 0 unspecified atom stereocenters. The first kappa shape index (κ1) is 11.4. The third kappa shape index (κ3) is 2.53. The number of anilines is 2. The van der Waals surface area contributed by atoms with Gasteiger partial charge in [0.15, 0.2) is 0 Å². The highest BCUT2D eigenvalue weighted by atomic mass is 16.1. The van der Waals surface area contributed by atoms with Gasteiger partial charge in [-0.3, -0.25) is 9.69 Å². The first-order chi connectivity index (χ1) is 8.20. The Kier molecular flexibility index (Phi) is 3.24. The van der Waals surface area contributed by atoms with Crippen LogP contribution in [0.5, 0.6) is 0 Å². The van der Waals surface area contributed by atoms with Gasteiger partial charge in [-0.05, 0) is 49.2 Å². The molecule has 85 valence electrons.